The highest BCUT2D eigenvalue weighted by molar-refractivity contribution is 9.10. The van der Waals surface area contributed by atoms with Crippen molar-refractivity contribution >= 4 is 65.7 Å². The van der Waals surface area contributed by atoms with Crippen LogP contribution in [0.3, 0.4) is 0 Å². The molecule has 4 nitrogen and oxygen atoms in total. The number of hydrogen-bond acceptors (Lipinski definition) is 5. The number of pyridine rings is 1. The van der Waals surface area contributed by atoms with Gasteiger partial charge in [0.25, 0.3) is 0 Å². The molecule has 3 aromatic heterocycles. The van der Waals surface area contributed by atoms with Crippen molar-refractivity contribution in [3.8, 4) is 11.3 Å². The van der Waals surface area contributed by atoms with E-state index in [0.717, 1.165) is 55.1 Å². The van der Waals surface area contributed by atoms with Crippen LogP contribution < -0.4 is 5.32 Å². The van der Waals surface area contributed by atoms with E-state index in [1.54, 1.807) is 11.3 Å². The highest BCUT2D eigenvalue weighted by atomic mass is 79.9. The molecule has 0 aliphatic carbocycles. The zero-order valence-electron chi connectivity index (χ0n) is 13.3. The lowest BCUT2D eigenvalue weighted by atomic mass is 10.1. The van der Waals surface area contributed by atoms with Gasteiger partial charge >= 0.3 is 0 Å². The van der Waals surface area contributed by atoms with Gasteiger partial charge in [-0.25, -0.2) is 9.97 Å². The summed E-state index contributed by atoms with van der Waals surface area (Å²) in [4.78, 5) is 10.6. The quantitative estimate of drug-likeness (QED) is 0.404. The van der Waals surface area contributed by atoms with Gasteiger partial charge in [0, 0.05) is 28.5 Å². The van der Waals surface area contributed by atoms with E-state index in [9.17, 15) is 0 Å². The lowest BCUT2D eigenvalue weighted by molar-refractivity contribution is 0.774. The van der Waals surface area contributed by atoms with Crippen LogP contribution in [0.5, 0.6) is 0 Å². The molecule has 4 heterocycles. The highest BCUT2D eigenvalue weighted by Gasteiger charge is 2.20. The number of fused-ring (bicyclic) bond motifs is 5. The molecular weight excluding hydrogens is 416 g/mol. The molecule has 1 aliphatic rings. The fourth-order valence-electron chi connectivity index (χ4n) is 3.34. The Hall–Kier alpha value is -1.83. The minimum absolute atomic E-state index is 0.642. The second-order valence-corrected chi connectivity index (χ2v) is 8.39. The molecular formula is C18H13BrN4S2. The van der Waals surface area contributed by atoms with Gasteiger partial charge in [-0.1, -0.05) is 28.1 Å². The summed E-state index contributed by atoms with van der Waals surface area (Å²) in [7, 11) is 0. The number of halogens is 1. The van der Waals surface area contributed by atoms with E-state index in [1.165, 1.54) is 5.56 Å². The van der Waals surface area contributed by atoms with Crippen LogP contribution in [0.2, 0.25) is 0 Å². The molecule has 124 valence electrons. The first-order chi connectivity index (χ1) is 12.1. The second kappa shape index (κ2) is 5.59. The number of anilines is 1. The third kappa shape index (κ3) is 2.33. The Morgan fingerprint density at radius 3 is 2.84 bits per heavy atom. The van der Waals surface area contributed by atoms with E-state index in [1.807, 2.05) is 12.1 Å². The van der Waals surface area contributed by atoms with Crippen molar-refractivity contribution in [2.75, 3.05) is 11.9 Å². The van der Waals surface area contributed by atoms with E-state index in [4.69, 9.17) is 22.2 Å². The van der Waals surface area contributed by atoms with Crippen LogP contribution in [0.25, 0.3) is 31.7 Å². The number of aromatic nitrogens is 3. The van der Waals surface area contributed by atoms with Crippen LogP contribution >= 0.6 is 39.5 Å². The third-order valence-electron chi connectivity index (χ3n) is 4.53. The summed E-state index contributed by atoms with van der Waals surface area (Å²) in [6.07, 6.45) is 0. The molecule has 4 aromatic rings. The predicted octanol–water partition coefficient (Wildman–Crippen LogP) is 5.54. The molecule has 25 heavy (non-hydrogen) atoms. The summed E-state index contributed by atoms with van der Waals surface area (Å²) in [5.41, 5.74) is 4.25. The Bertz CT molecular complexity index is 1210. The van der Waals surface area contributed by atoms with Gasteiger partial charge in [0.2, 0.25) is 4.77 Å². The van der Waals surface area contributed by atoms with Crippen molar-refractivity contribution in [1.82, 2.24) is 14.5 Å². The summed E-state index contributed by atoms with van der Waals surface area (Å²) in [5, 5.41) is 4.57. The Labute approximate surface area is 161 Å². The normalized spacial score (nSPS) is 13.4. The van der Waals surface area contributed by atoms with Gasteiger partial charge in [-0.2, -0.15) is 0 Å². The van der Waals surface area contributed by atoms with Crippen molar-refractivity contribution in [1.29, 1.82) is 0 Å². The smallest absolute Gasteiger partial charge is 0.201 e. The molecule has 0 spiro atoms. The van der Waals surface area contributed by atoms with Crippen molar-refractivity contribution in [2.24, 2.45) is 0 Å². The molecule has 1 N–H and O–H groups in total. The van der Waals surface area contributed by atoms with Crippen LogP contribution in [0, 0.1) is 11.7 Å². The number of thiophene rings is 1. The Kier molecular flexibility index (Phi) is 3.45. The van der Waals surface area contributed by atoms with Crippen LogP contribution in [0.4, 0.5) is 5.82 Å². The van der Waals surface area contributed by atoms with Crippen LogP contribution in [-0.4, -0.2) is 21.1 Å². The standard InChI is InChI=1S/C18H13BrN4S2/c1-9-8-12(10-2-4-11(19)5-3-10)21-17-13(9)14-15(25-17)16-20-6-7-23(16)18(24)22-14/h2-5,8,20H,6-7H2,1H3. The van der Waals surface area contributed by atoms with Gasteiger partial charge in [0.05, 0.1) is 15.9 Å². The zero-order valence-corrected chi connectivity index (χ0v) is 16.6. The van der Waals surface area contributed by atoms with E-state index in [2.05, 4.69) is 50.9 Å². The molecule has 7 heteroatoms. The van der Waals surface area contributed by atoms with Crippen LogP contribution in [0.1, 0.15) is 5.56 Å². The summed E-state index contributed by atoms with van der Waals surface area (Å²) in [5.74, 6) is 1.09. The molecule has 1 aliphatic heterocycles. The molecule has 1 aromatic carbocycles. The molecule has 0 saturated heterocycles. The first-order valence-electron chi connectivity index (χ1n) is 7.96. The number of benzene rings is 1. The molecule has 0 unspecified atom stereocenters. The van der Waals surface area contributed by atoms with Gasteiger partial charge in [0.15, 0.2) is 0 Å². The van der Waals surface area contributed by atoms with Gasteiger partial charge in [0.1, 0.15) is 10.6 Å². The van der Waals surface area contributed by atoms with E-state index < -0.39 is 0 Å². The molecule has 0 atom stereocenters. The van der Waals surface area contributed by atoms with Gasteiger partial charge in [-0.05, 0) is 42.9 Å². The lowest BCUT2D eigenvalue weighted by Crippen LogP contribution is -1.97. The van der Waals surface area contributed by atoms with E-state index in [-0.39, 0.29) is 0 Å². The average Bonchev–Trinajstić information content (AvgIpc) is 3.20. The fourth-order valence-corrected chi connectivity index (χ4v) is 5.10. The summed E-state index contributed by atoms with van der Waals surface area (Å²) >= 11 is 10.7. The molecule has 0 bridgehead atoms. The zero-order chi connectivity index (χ0) is 17.1. The Balaban J connectivity index is 1.83. The molecule has 0 amide bonds. The van der Waals surface area contributed by atoms with Crippen molar-refractivity contribution in [2.45, 2.75) is 13.5 Å². The molecule has 5 rings (SSSR count). The molecule has 0 radical (unpaired) electrons. The second-order valence-electron chi connectivity index (χ2n) is 6.11. The maximum absolute atomic E-state index is 5.48. The first-order valence-corrected chi connectivity index (χ1v) is 9.98. The topological polar surface area (TPSA) is 42.7 Å². The van der Waals surface area contributed by atoms with E-state index in [0.29, 0.717) is 4.77 Å². The Morgan fingerprint density at radius 1 is 1.24 bits per heavy atom. The van der Waals surface area contributed by atoms with Crippen LogP contribution in [0.15, 0.2) is 34.8 Å². The monoisotopic (exact) mass is 428 g/mol. The van der Waals surface area contributed by atoms with E-state index >= 15 is 0 Å². The van der Waals surface area contributed by atoms with Gasteiger partial charge in [-0.15, -0.1) is 11.3 Å². The maximum atomic E-state index is 5.48. The summed E-state index contributed by atoms with van der Waals surface area (Å²) in [6, 6.07) is 10.4. The summed E-state index contributed by atoms with van der Waals surface area (Å²) < 4.78 is 4.93. The minimum Gasteiger partial charge on any atom is -0.368 e. The lowest BCUT2D eigenvalue weighted by Gasteiger charge is -2.05. The minimum atomic E-state index is 0.642. The van der Waals surface area contributed by atoms with Crippen molar-refractivity contribution in [3.63, 3.8) is 0 Å². The first kappa shape index (κ1) is 15.4. The number of nitrogens with one attached hydrogen (secondary N) is 1. The van der Waals surface area contributed by atoms with Gasteiger partial charge < -0.3 is 9.88 Å². The predicted molar refractivity (Wildman–Crippen MR) is 110 cm³/mol. The third-order valence-corrected chi connectivity index (χ3v) is 6.45. The maximum Gasteiger partial charge on any atom is 0.201 e. The average molecular weight is 429 g/mol. The highest BCUT2D eigenvalue weighted by Crippen LogP contribution is 2.40. The van der Waals surface area contributed by atoms with Crippen LogP contribution in [-0.2, 0) is 6.54 Å². The fraction of sp³-hybridized carbons (Fsp3) is 0.167. The molecule has 0 saturated carbocycles. The van der Waals surface area contributed by atoms with Gasteiger partial charge in [-0.3, -0.25) is 0 Å². The number of nitrogens with zero attached hydrogens (tertiary/aromatic N) is 3. The number of aryl methyl sites for hydroxylation is 1. The SMILES string of the molecule is Cc1cc(-c2ccc(Br)cc2)nc2sc3c4n(c(=S)nc3c12)CCN4. The number of rotatable bonds is 1. The molecule has 0 fully saturated rings. The summed E-state index contributed by atoms with van der Waals surface area (Å²) in [6.45, 7) is 3.90. The van der Waals surface area contributed by atoms with Crippen molar-refractivity contribution < 1.29 is 0 Å². The Morgan fingerprint density at radius 2 is 2.04 bits per heavy atom. The largest absolute Gasteiger partial charge is 0.368 e. The number of hydrogen-bond donors (Lipinski definition) is 1. The van der Waals surface area contributed by atoms with Crippen molar-refractivity contribution in [3.05, 3.63) is 45.1 Å².